The molecule has 0 N–H and O–H groups in total. The van der Waals surface area contributed by atoms with Crippen molar-refractivity contribution < 1.29 is 14.1 Å². The zero-order valence-corrected chi connectivity index (χ0v) is 17.6. The van der Waals surface area contributed by atoms with Gasteiger partial charge < -0.3 is 9.42 Å². The van der Waals surface area contributed by atoms with E-state index in [2.05, 4.69) is 10.1 Å². The molecule has 4 rings (SSSR count). The molecule has 0 bridgehead atoms. The van der Waals surface area contributed by atoms with E-state index in [0.29, 0.717) is 40.7 Å². The van der Waals surface area contributed by atoms with Crippen LogP contribution < -0.4 is 0 Å². The maximum atomic E-state index is 13.4. The smallest absolute Gasteiger partial charge is 0.257 e. The number of Topliss-reactive ketones (excluding diaryl/α,β-unsaturated/α-hetero) is 1. The number of halogens is 1. The van der Waals surface area contributed by atoms with E-state index in [1.807, 2.05) is 18.2 Å². The van der Waals surface area contributed by atoms with E-state index in [9.17, 15) is 9.59 Å². The van der Waals surface area contributed by atoms with Crippen LogP contribution in [0.25, 0.3) is 11.5 Å². The molecule has 30 heavy (non-hydrogen) atoms. The fraction of sp³-hybridized carbons (Fsp3) is 0.304. The van der Waals surface area contributed by atoms with Gasteiger partial charge in [0, 0.05) is 35.2 Å². The molecule has 1 atom stereocenters. The van der Waals surface area contributed by atoms with Gasteiger partial charge in [0.1, 0.15) is 5.54 Å². The van der Waals surface area contributed by atoms with Gasteiger partial charge >= 0.3 is 0 Å². The van der Waals surface area contributed by atoms with E-state index in [4.69, 9.17) is 16.1 Å². The molecule has 6 nitrogen and oxygen atoms in total. The van der Waals surface area contributed by atoms with Crippen LogP contribution in [0.2, 0.25) is 5.02 Å². The second-order valence-electron chi connectivity index (χ2n) is 7.56. The Labute approximate surface area is 179 Å². The number of likely N-dealkylation sites (N-methyl/N-ethyl adjacent to an activating group) is 1. The Morgan fingerprint density at radius 2 is 1.87 bits per heavy atom. The topological polar surface area (TPSA) is 76.3 Å². The number of hydrogen-bond donors (Lipinski definition) is 0. The molecule has 1 aliphatic carbocycles. The molecule has 1 amide bonds. The highest BCUT2D eigenvalue weighted by Gasteiger charge is 2.48. The number of rotatable bonds is 4. The number of amides is 1. The van der Waals surface area contributed by atoms with Gasteiger partial charge in [0.25, 0.3) is 11.8 Å². The number of aryl methyl sites for hydroxylation is 1. The molecule has 1 aliphatic rings. The molecule has 0 radical (unpaired) electrons. The molecular weight excluding hydrogens is 402 g/mol. The van der Waals surface area contributed by atoms with Crippen LogP contribution in [0.5, 0.6) is 0 Å². The zero-order valence-electron chi connectivity index (χ0n) is 16.9. The first-order valence-electron chi connectivity index (χ1n) is 9.91. The van der Waals surface area contributed by atoms with Crippen molar-refractivity contribution in [3.63, 3.8) is 0 Å². The summed E-state index contributed by atoms with van der Waals surface area (Å²) < 4.78 is 5.18. The van der Waals surface area contributed by atoms with Crippen LogP contribution in [0.15, 0.2) is 53.1 Å². The second kappa shape index (κ2) is 8.03. The summed E-state index contributed by atoms with van der Waals surface area (Å²) in [6.45, 7) is 1.75. The van der Waals surface area contributed by atoms with Crippen LogP contribution in [-0.2, 0) is 10.3 Å². The third-order valence-corrected chi connectivity index (χ3v) is 6.09. The summed E-state index contributed by atoms with van der Waals surface area (Å²) in [5, 5.41) is 4.28. The highest BCUT2D eigenvalue weighted by atomic mass is 35.5. The molecule has 3 aromatic rings. The molecule has 1 fully saturated rings. The first-order valence-corrected chi connectivity index (χ1v) is 10.3. The highest BCUT2D eigenvalue weighted by Crippen LogP contribution is 2.42. The monoisotopic (exact) mass is 423 g/mol. The Hall–Kier alpha value is -2.99. The Morgan fingerprint density at radius 3 is 2.50 bits per heavy atom. The lowest BCUT2D eigenvalue weighted by molar-refractivity contribution is -0.132. The number of nitrogens with zero attached hydrogens (tertiary/aromatic N) is 3. The van der Waals surface area contributed by atoms with Gasteiger partial charge in [-0.15, -0.1) is 0 Å². The molecule has 0 saturated heterocycles. The lowest BCUT2D eigenvalue weighted by Crippen LogP contribution is -2.54. The molecule has 0 spiro atoms. The predicted octanol–water partition coefficient (Wildman–Crippen LogP) is 4.81. The van der Waals surface area contributed by atoms with Crippen molar-refractivity contribution in [2.24, 2.45) is 0 Å². The lowest BCUT2D eigenvalue weighted by atomic mass is 9.74. The molecule has 0 aliphatic heterocycles. The minimum atomic E-state index is -1.06. The average molecular weight is 424 g/mol. The first-order chi connectivity index (χ1) is 14.4. The van der Waals surface area contributed by atoms with Gasteiger partial charge in [-0.2, -0.15) is 4.98 Å². The summed E-state index contributed by atoms with van der Waals surface area (Å²) in [6.07, 6.45) is 2.66. The average Bonchev–Trinajstić information content (AvgIpc) is 3.20. The molecule has 1 heterocycles. The molecule has 1 saturated carbocycles. The summed E-state index contributed by atoms with van der Waals surface area (Å²) in [4.78, 5) is 32.4. The van der Waals surface area contributed by atoms with Gasteiger partial charge in [-0.1, -0.05) is 35.0 Å². The zero-order chi connectivity index (χ0) is 21.3. The molecular formula is C23H22ClN3O3. The van der Waals surface area contributed by atoms with E-state index >= 15 is 0 Å². The van der Waals surface area contributed by atoms with Crippen molar-refractivity contribution >= 4 is 23.3 Å². The Morgan fingerprint density at radius 1 is 1.13 bits per heavy atom. The summed E-state index contributed by atoms with van der Waals surface area (Å²) in [7, 11) is 1.68. The van der Waals surface area contributed by atoms with Crippen molar-refractivity contribution in [1.82, 2.24) is 15.0 Å². The van der Waals surface area contributed by atoms with Crippen molar-refractivity contribution in [3.8, 4) is 11.5 Å². The maximum absolute atomic E-state index is 13.4. The minimum Gasteiger partial charge on any atom is -0.334 e. The quantitative estimate of drug-likeness (QED) is 0.601. The summed E-state index contributed by atoms with van der Waals surface area (Å²) in [5.41, 5.74) is 0.826. The molecule has 1 unspecified atom stereocenters. The van der Waals surface area contributed by atoms with E-state index in [1.165, 1.54) is 0 Å². The number of aromatic nitrogens is 2. The summed E-state index contributed by atoms with van der Waals surface area (Å²) >= 11 is 6.48. The van der Waals surface area contributed by atoms with Crippen LogP contribution in [0.3, 0.4) is 0 Å². The maximum Gasteiger partial charge on any atom is 0.257 e. The molecule has 154 valence electrons. The van der Waals surface area contributed by atoms with Crippen molar-refractivity contribution in [2.45, 2.75) is 38.1 Å². The fourth-order valence-corrected chi connectivity index (χ4v) is 4.46. The minimum absolute atomic E-state index is 0.0238. The third kappa shape index (κ3) is 3.41. The first kappa shape index (κ1) is 20.3. The number of carbonyl (C=O) groups is 2. The SMILES string of the molecule is Cc1noc(-c2ccc(C(=O)N(C)C3(c4ccccc4Cl)CCCCC3=O)cc2)n1. The standard InChI is InChI=1S/C23H22ClN3O3/c1-15-25-21(30-26-15)16-10-12-17(13-11-16)22(29)27(2)23(14-6-5-9-20(23)28)18-7-3-4-8-19(18)24/h3-4,7-8,10-13H,5-6,9,14H2,1-2H3. The van der Waals surface area contributed by atoms with Gasteiger partial charge in [-0.3, -0.25) is 9.59 Å². The second-order valence-corrected chi connectivity index (χ2v) is 7.97. The molecule has 2 aromatic carbocycles. The number of ketones is 1. The van der Waals surface area contributed by atoms with Gasteiger partial charge in [0.05, 0.1) is 0 Å². The lowest BCUT2D eigenvalue weighted by Gasteiger charge is -2.44. The summed E-state index contributed by atoms with van der Waals surface area (Å²) in [5.74, 6) is 0.728. The van der Waals surface area contributed by atoms with Crippen LogP contribution in [-0.4, -0.2) is 33.8 Å². The van der Waals surface area contributed by atoms with Crippen molar-refractivity contribution in [2.75, 3.05) is 7.05 Å². The Balaban J connectivity index is 1.70. The predicted molar refractivity (Wildman–Crippen MR) is 113 cm³/mol. The van der Waals surface area contributed by atoms with Crippen molar-refractivity contribution in [3.05, 3.63) is 70.5 Å². The van der Waals surface area contributed by atoms with E-state index in [-0.39, 0.29) is 11.7 Å². The van der Waals surface area contributed by atoms with Gasteiger partial charge in [-0.05, 0) is 56.5 Å². The van der Waals surface area contributed by atoms with Crippen LogP contribution in [0, 0.1) is 6.92 Å². The van der Waals surface area contributed by atoms with Crippen molar-refractivity contribution in [1.29, 1.82) is 0 Å². The fourth-order valence-electron chi connectivity index (χ4n) is 4.17. The molecule has 1 aromatic heterocycles. The summed E-state index contributed by atoms with van der Waals surface area (Å²) in [6, 6.07) is 14.2. The van der Waals surface area contributed by atoms with Gasteiger partial charge in [0.2, 0.25) is 0 Å². The number of benzene rings is 2. The van der Waals surface area contributed by atoms with E-state index < -0.39 is 5.54 Å². The normalized spacial score (nSPS) is 19.0. The van der Waals surface area contributed by atoms with E-state index in [1.54, 1.807) is 49.2 Å². The molecule has 7 heteroatoms. The van der Waals surface area contributed by atoms with Crippen LogP contribution >= 0.6 is 11.6 Å². The number of hydrogen-bond acceptors (Lipinski definition) is 5. The largest absolute Gasteiger partial charge is 0.334 e. The van der Waals surface area contributed by atoms with E-state index in [0.717, 1.165) is 18.4 Å². The third-order valence-electron chi connectivity index (χ3n) is 5.76. The highest BCUT2D eigenvalue weighted by molar-refractivity contribution is 6.31. The van der Waals surface area contributed by atoms with Gasteiger partial charge in [-0.25, -0.2) is 0 Å². The van der Waals surface area contributed by atoms with Crippen LogP contribution in [0.4, 0.5) is 0 Å². The Kier molecular flexibility index (Phi) is 5.43. The number of carbonyl (C=O) groups excluding carboxylic acids is 2. The Bertz CT molecular complexity index is 1090. The van der Waals surface area contributed by atoms with Gasteiger partial charge in [0.15, 0.2) is 11.6 Å². The van der Waals surface area contributed by atoms with Crippen LogP contribution in [0.1, 0.15) is 47.4 Å².